The minimum atomic E-state index is -0.297. The molecule has 1 aromatic rings. The van der Waals surface area contributed by atoms with E-state index < -0.39 is 0 Å². The Kier molecular flexibility index (Phi) is 5.41. The fourth-order valence-corrected chi connectivity index (χ4v) is 2.81. The smallest absolute Gasteiger partial charge is 0.198 e. The maximum atomic E-state index is 12.3. The number of benzene rings is 1. The van der Waals surface area contributed by atoms with Crippen LogP contribution < -0.4 is 4.74 Å². The molecular formula is C21H23NO2. The van der Waals surface area contributed by atoms with Crippen LogP contribution in [0.3, 0.4) is 0 Å². The average molecular weight is 321 g/mol. The van der Waals surface area contributed by atoms with Crippen molar-refractivity contribution >= 4 is 16.9 Å². The van der Waals surface area contributed by atoms with Crippen LogP contribution in [-0.2, 0) is 4.79 Å². The molecule has 1 aliphatic rings. The van der Waals surface area contributed by atoms with Gasteiger partial charge in [-0.25, -0.2) is 0 Å². The van der Waals surface area contributed by atoms with Crippen LogP contribution >= 0.6 is 0 Å². The zero-order valence-corrected chi connectivity index (χ0v) is 14.7. The van der Waals surface area contributed by atoms with Crippen LogP contribution in [0.5, 0.6) is 5.75 Å². The van der Waals surface area contributed by atoms with E-state index in [2.05, 4.69) is 26.2 Å². The van der Waals surface area contributed by atoms with Crippen LogP contribution in [0, 0.1) is 18.3 Å². The Morgan fingerprint density at radius 3 is 2.67 bits per heavy atom. The van der Waals surface area contributed by atoms with E-state index in [0.717, 1.165) is 46.4 Å². The Bertz CT molecular complexity index is 791. The number of allylic oxidation sites excluding steroid dienone is 4. The number of hydrogen-bond acceptors (Lipinski definition) is 3. The highest BCUT2D eigenvalue weighted by molar-refractivity contribution is 6.17. The molecule has 1 aliphatic carbocycles. The highest BCUT2D eigenvalue weighted by atomic mass is 16.5. The number of nitrogens with zero attached hydrogens (tertiary/aromatic N) is 1. The minimum absolute atomic E-state index is 0.168. The number of rotatable bonds is 6. The highest BCUT2D eigenvalue weighted by Gasteiger charge is 2.27. The number of ether oxygens (including phenoxy) is 1. The first-order valence-corrected chi connectivity index (χ1v) is 8.20. The minimum Gasteiger partial charge on any atom is -0.493 e. The summed E-state index contributed by atoms with van der Waals surface area (Å²) >= 11 is 0. The molecule has 0 aromatic heterocycles. The summed E-state index contributed by atoms with van der Waals surface area (Å²) < 4.78 is 5.86. The van der Waals surface area contributed by atoms with E-state index in [4.69, 9.17) is 4.74 Å². The van der Waals surface area contributed by atoms with Crippen LogP contribution in [0.2, 0.25) is 0 Å². The Morgan fingerprint density at radius 1 is 1.38 bits per heavy atom. The predicted octanol–water partition coefficient (Wildman–Crippen LogP) is 5.01. The number of carbonyl (C=O) groups excluding carboxylic acids is 1. The summed E-state index contributed by atoms with van der Waals surface area (Å²) in [7, 11) is 0. The predicted molar refractivity (Wildman–Crippen MR) is 97.6 cm³/mol. The summed E-state index contributed by atoms with van der Waals surface area (Å²) in [5, 5.41) is 9.46. The van der Waals surface area contributed by atoms with Gasteiger partial charge in [0.05, 0.1) is 6.61 Å². The molecule has 0 bridgehead atoms. The normalized spacial score (nSPS) is 14.8. The van der Waals surface area contributed by atoms with E-state index in [1.54, 1.807) is 6.92 Å². The Balaban J connectivity index is 2.51. The number of hydrogen-bond donors (Lipinski definition) is 0. The van der Waals surface area contributed by atoms with Crippen LogP contribution in [0.25, 0.3) is 11.1 Å². The van der Waals surface area contributed by atoms with Gasteiger partial charge in [0.15, 0.2) is 5.78 Å². The number of Topliss-reactive ketones (excluding diaryl/α,β-unsaturated/α-hetero) is 1. The third-order valence-electron chi connectivity index (χ3n) is 4.20. The van der Waals surface area contributed by atoms with Gasteiger partial charge in [0, 0.05) is 0 Å². The van der Waals surface area contributed by atoms with Gasteiger partial charge in [0.25, 0.3) is 0 Å². The topological polar surface area (TPSA) is 50.1 Å². The molecule has 0 radical (unpaired) electrons. The third kappa shape index (κ3) is 3.33. The summed E-state index contributed by atoms with van der Waals surface area (Å²) in [6, 6.07) is 6.03. The lowest BCUT2D eigenvalue weighted by Gasteiger charge is -2.12. The van der Waals surface area contributed by atoms with Crippen molar-refractivity contribution in [2.24, 2.45) is 0 Å². The van der Waals surface area contributed by atoms with E-state index in [1.807, 2.05) is 19.1 Å². The second-order valence-electron chi connectivity index (χ2n) is 6.22. The second kappa shape index (κ2) is 7.31. The van der Waals surface area contributed by atoms with E-state index >= 15 is 0 Å². The lowest BCUT2D eigenvalue weighted by molar-refractivity contribution is -0.111. The summed E-state index contributed by atoms with van der Waals surface area (Å²) in [4.78, 5) is 12.3. The summed E-state index contributed by atoms with van der Waals surface area (Å²) in [6.07, 6.45) is 2.60. The van der Waals surface area contributed by atoms with Gasteiger partial charge in [0.2, 0.25) is 0 Å². The Morgan fingerprint density at radius 2 is 2.08 bits per heavy atom. The molecule has 3 nitrogen and oxygen atoms in total. The quantitative estimate of drug-likeness (QED) is 0.420. The first-order chi connectivity index (χ1) is 11.4. The summed E-state index contributed by atoms with van der Waals surface area (Å²) in [5.74, 6) is 0.545. The van der Waals surface area contributed by atoms with Crippen LogP contribution in [0.4, 0.5) is 0 Å². The molecule has 0 spiro atoms. The highest BCUT2D eigenvalue weighted by Crippen LogP contribution is 2.44. The molecule has 0 atom stereocenters. The molecule has 0 fully saturated rings. The van der Waals surface area contributed by atoms with Crippen molar-refractivity contribution in [3.8, 4) is 11.8 Å². The maximum Gasteiger partial charge on any atom is 0.198 e. The first kappa shape index (κ1) is 17.7. The van der Waals surface area contributed by atoms with E-state index in [9.17, 15) is 10.1 Å². The number of ketones is 1. The van der Waals surface area contributed by atoms with Crippen LogP contribution in [0.1, 0.15) is 49.8 Å². The maximum absolute atomic E-state index is 12.3. The number of fused-ring (bicyclic) bond motifs is 1. The largest absolute Gasteiger partial charge is 0.493 e. The van der Waals surface area contributed by atoms with E-state index in [1.165, 1.54) is 0 Å². The second-order valence-corrected chi connectivity index (χ2v) is 6.22. The summed E-state index contributed by atoms with van der Waals surface area (Å²) in [6.45, 7) is 14.2. The van der Waals surface area contributed by atoms with E-state index in [-0.39, 0.29) is 11.4 Å². The molecule has 0 aliphatic heterocycles. The zero-order chi connectivity index (χ0) is 17.9. The molecule has 2 rings (SSSR count). The van der Waals surface area contributed by atoms with Gasteiger partial charge in [-0.3, -0.25) is 4.79 Å². The van der Waals surface area contributed by atoms with Crippen LogP contribution in [-0.4, -0.2) is 12.4 Å². The van der Waals surface area contributed by atoms with E-state index in [0.29, 0.717) is 18.6 Å². The van der Waals surface area contributed by atoms with Gasteiger partial charge >= 0.3 is 0 Å². The van der Waals surface area contributed by atoms with Crippen molar-refractivity contribution in [2.45, 2.75) is 40.0 Å². The van der Waals surface area contributed by atoms with Crippen molar-refractivity contribution in [1.29, 1.82) is 5.26 Å². The van der Waals surface area contributed by atoms with Gasteiger partial charge in [-0.15, -0.1) is 0 Å². The van der Waals surface area contributed by atoms with Crippen molar-refractivity contribution < 1.29 is 9.53 Å². The number of aryl methyl sites for hydroxylation is 1. The molecule has 3 heteroatoms. The lowest BCUT2D eigenvalue weighted by Crippen LogP contribution is -2.04. The van der Waals surface area contributed by atoms with Gasteiger partial charge in [-0.1, -0.05) is 26.5 Å². The van der Waals surface area contributed by atoms with Crippen molar-refractivity contribution in [3.05, 3.63) is 53.1 Å². The Hall–Kier alpha value is -2.60. The Labute approximate surface area is 143 Å². The SMILES string of the molecule is C=C(C)C(=O)/C(C#N)=C1\CC(=C)c2cc(OCCCC)c(C)cc21. The van der Waals surface area contributed by atoms with Crippen molar-refractivity contribution in [2.75, 3.05) is 6.61 Å². The van der Waals surface area contributed by atoms with Crippen LogP contribution in [0.15, 0.2) is 36.4 Å². The van der Waals surface area contributed by atoms with Gasteiger partial charge in [0.1, 0.15) is 17.4 Å². The van der Waals surface area contributed by atoms with Gasteiger partial charge in [-0.2, -0.15) is 5.26 Å². The fourth-order valence-electron chi connectivity index (χ4n) is 2.81. The molecule has 0 unspecified atom stereocenters. The zero-order valence-electron chi connectivity index (χ0n) is 14.7. The lowest BCUT2D eigenvalue weighted by atomic mass is 9.95. The molecule has 0 saturated heterocycles. The number of carbonyl (C=O) groups is 1. The van der Waals surface area contributed by atoms with Crippen molar-refractivity contribution in [1.82, 2.24) is 0 Å². The molecule has 1 aromatic carbocycles. The third-order valence-corrected chi connectivity index (χ3v) is 4.20. The standard InChI is InChI=1S/C21H23NO2/c1-6-7-8-24-20-11-16-14(4)9-18(17(16)10-15(20)5)19(12-22)21(23)13(2)3/h10-11H,2,4,6-9H2,1,3,5H3/b19-18+. The molecule has 0 amide bonds. The van der Waals surface area contributed by atoms with Crippen molar-refractivity contribution in [3.63, 3.8) is 0 Å². The number of unbranched alkanes of at least 4 members (excludes halogenated alkanes) is 1. The van der Waals surface area contributed by atoms with Gasteiger partial charge < -0.3 is 4.74 Å². The fraction of sp³-hybridized carbons (Fsp3) is 0.333. The molecule has 0 heterocycles. The monoisotopic (exact) mass is 321 g/mol. The average Bonchev–Trinajstić information content (AvgIpc) is 2.84. The molecule has 24 heavy (non-hydrogen) atoms. The molecule has 124 valence electrons. The molecular weight excluding hydrogens is 298 g/mol. The summed E-state index contributed by atoms with van der Waals surface area (Å²) in [5.41, 5.74) is 5.06. The number of nitriles is 1. The molecule has 0 saturated carbocycles. The van der Waals surface area contributed by atoms with Gasteiger partial charge in [-0.05, 0) is 72.2 Å². The first-order valence-electron chi connectivity index (χ1n) is 8.20. The molecule has 0 N–H and O–H groups in total.